The van der Waals surface area contributed by atoms with E-state index in [4.69, 9.17) is 28.5 Å². The highest BCUT2D eigenvalue weighted by molar-refractivity contribution is 6.38. The molecule has 5 heteroatoms. The molecule has 1 heterocycles. The van der Waals surface area contributed by atoms with Crippen LogP contribution in [0.2, 0.25) is 10.0 Å². The van der Waals surface area contributed by atoms with Crippen molar-refractivity contribution in [2.75, 3.05) is 0 Å². The molecule has 1 aromatic heterocycles. The molecular weight excluding hydrogens is 269 g/mol. The topological polar surface area (TPSA) is 49.6 Å². The zero-order chi connectivity index (χ0) is 13.3. The highest BCUT2D eigenvalue weighted by Gasteiger charge is 2.14. The van der Waals surface area contributed by atoms with Crippen molar-refractivity contribution in [3.8, 4) is 17.5 Å². The lowest BCUT2D eigenvalue weighted by Crippen LogP contribution is -2.00. The van der Waals surface area contributed by atoms with E-state index in [-0.39, 0.29) is 0 Å². The molecule has 0 fully saturated rings. The van der Waals surface area contributed by atoms with Gasteiger partial charge >= 0.3 is 0 Å². The summed E-state index contributed by atoms with van der Waals surface area (Å²) in [6.07, 6.45) is 0. The molecule has 0 radical (unpaired) electrons. The molecule has 0 amide bonds. The summed E-state index contributed by atoms with van der Waals surface area (Å²) in [6, 6.07) is 7.23. The summed E-state index contributed by atoms with van der Waals surface area (Å²) in [6.45, 7) is 3.64. The molecule has 90 valence electrons. The Kier molecular flexibility index (Phi) is 3.51. The number of nitriles is 1. The number of hydrogen-bond acceptors (Lipinski definition) is 3. The van der Waals surface area contributed by atoms with E-state index >= 15 is 0 Å². The molecule has 0 unspecified atom stereocenters. The zero-order valence-corrected chi connectivity index (χ0v) is 11.3. The van der Waals surface area contributed by atoms with Crippen molar-refractivity contribution < 1.29 is 0 Å². The van der Waals surface area contributed by atoms with Gasteiger partial charge in [-0.2, -0.15) is 5.26 Å². The normalized spacial score (nSPS) is 10.2. The van der Waals surface area contributed by atoms with Crippen LogP contribution >= 0.6 is 23.2 Å². The van der Waals surface area contributed by atoms with Crippen LogP contribution in [0.1, 0.15) is 17.0 Å². The van der Waals surface area contributed by atoms with Crippen LogP contribution in [0.25, 0.3) is 11.4 Å². The van der Waals surface area contributed by atoms with E-state index < -0.39 is 0 Å². The van der Waals surface area contributed by atoms with Gasteiger partial charge in [-0.05, 0) is 26.0 Å². The van der Waals surface area contributed by atoms with Crippen LogP contribution in [0.5, 0.6) is 0 Å². The van der Waals surface area contributed by atoms with E-state index in [9.17, 15) is 0 Å². The number of aryl methyl sites for hydroxylation is 1. The third-order valence-corrected chi connectivity index (χ3v) is 3.31. The second kappa shape index (κ2) is 4.93. The Balaban J connectivity index is 2.73. The molecule has 0 atom stereocenters. The Labute approximate surface area is 115 Å². The Morgan fingerprint density at radius 2 is 1.72 bits per heavy atom. The van der Waals surface area contributed by atoms with Crippen LogP contribution in [-0.4, -0.2) is 9.97 Å². The first-order valence-electron chi connectivity index (χ1n) is 5.24. The number of rotatable bonds is 1. The summed E-state index contributed by atoms with van der Waals surface area (Å²) >= 11 is 12.2. The molecule has 0 N–H and O–H groups in total. The molecule has 0 spiro atoms. The summed E-state index contributed by atoms with van der Waals surface area (Å²) in [7, 11) is 0. The smallest absolute Gasteiger partial charge is 0.163 e. The second-order valence-electron chi connectivity index (χ2n) is 3.81. The van der Waals surface area contributed by atoms with Crippen molar-refractivity contribution in [1.29, 1.82) is 5.26 Å². The van der Waals surface area contributed by atoms with Crippen LogP contribution in [-0.2, 0) is 0 Å². The van der Waals surface area contributed by atoms with Gasteiger partial charge in [0.15, 0.2) is 5.82 Å². The Morgan fingerprint density at radius 3 is 2.28 bits per heavy atom. The van der Waals surface area contributed by atoms with Gasteiger partial charge in [-0.25, -0.2) is 9.97 Å². The fourth-order valence-corrected chi connectivity index (χ4v) is 2.13. The monoisotopic (exact) mass is 277 g/mol. The number of benzene rings is 1. The van der Waals surface area contributed by atoms with E-state index in [2.05, 4.69) is 9.97 Å². The highest BCUT2D eigenvalue weighted by Crippen LogP contribution is 2.32. The third-order valence-electron chi connectivity index (χ3n) is 2.68. The molecule has 0 saturated heterocycles. The molecule has 0 saturated carbocycles. The first kappa shape index (κ1) is 12.8. The second-order valence-corrected chi connectivity index (χ2v) is 4.63. The fourth-order valence-electron chi connectivity index (χ4n) is 1.56. The number of nitrogens with zero attached hydrogens (tertiary/aromatic N) is 3. The Morgan fingerprint density at radius 1 is 1.11 bits per heavy atom. The molecule has 0 aliphatic rings. The van der Waals surface area contributed by atoms with E-state index in [0.717, 1.165) is 11.3 Å². The standard InChI is InChI=1S/C13H9Cl2N3/c1-7-8(2)17-13(18-11(7)6-16)12-9(14)4-3-5-10(12)15/h3-5H,1-2H3. The van der Waals surface area contributed by atoms with E-state index in [0.29, 0.717) is 27.1 Å². The lowest BCUT2D eigenvalue weighted by atomic mass is 10.1. The molecule has 2 rings (SSSR count). The van der Waals surface area contributed by atoms with Crippen molar-refractivity contribution in [3.05, 3.63) is 45.2 Å². The maximum absolute atomic E-state index is 9.05. The van der Waals surface area contributed by atoms with Gasteiger partial charge in [0.05, 0.1) is 15.6 Å². The lowest BCUT2D eigenvalue weighted by Gasteiger charge is -2.08. The molecule has 3 nitrogen and oxygen atoms in total. The average molecular weight is 278 g/mol. The van der Waals surface area contributed by atoms with Crippen molar-refractivity contribution in [2.24, 2.45) is 0 Å². The predicted molar refractivity (Wildman–Crippen MR) is 71.7 cm³/mol. The Bertz CT molecular complexity index is 640. The minimum absolute atomic E-state index is 0.341. The van der Waals surface area contributed by atoms with Crippen molar-refractivity contribution in [2.45, 2.75) is 13.8 Å². The average Bonchev–Trinajstić information content (AvgIpc) is 2.33. The van der Waals surface area contributed by atoms with Gasteiger partial charge in [0.1, 0.15) is 11.8 Å². The molecular formula is C13H9Cl2N3. The Hall–Kier alpha value is -1.63. The number of hydrogen-bond donors (Lipinski definition) is 0. The number of halogens is 2. The summed E-state index contributed by atoms with van der Waals surface area (Å²) in [5, 5.41) is 9.98. The van der Waals surface area contributed by atoms with Crippen LogP contribution < -0.4 is 0 Å². The number of aromatic nitrogens is 2. The fraction of sp³-hybridized carbons (Fsp3) is 0.154. The van der Waals surface area contributed by atoms with Crippen LogP contribution in [0.15, 0.2) is 18.2 Å². The van der Waals surface area contributed by atoms with Crippen LogP contribution in [0.4, 0.5) is 0 Å². The minimum atomic E-state index is 0.341. The third kappa shape index (κ3) is 2.17. The van der Waals surface area contributed by atoms with Gasteiger partial charge < -0.3 is 0 Å². The molecule has 0 aliphatic carbocycles. The molecule has 0 bridgehead atoms. The van der Waals surface area contributed by atoms with Crippen LogP contribution in [0, 0.1) is 25.2 Å². The molecule has 0 aliphatic heterocycles. The van der Waals surface area contributed by atoms with E-state index in [1.165, 1.54) is 0 Å². The molecule has 18 heavy (non-hydrogen) atoms. The minimum Gasteiger partial charge on any atom is -0.233 e. The highest BCUT2D eigenvalue weighted by atomic mass is 35.5. The van der Waals surface area contributed by atoms with Gasteiger partial charge in [0.2, 0.25) is 0 Å². The summed E-state index contributed by atoms with van der Waals surface area (Å²) < 4.78 is 0. The van der Waals surface area contributed by atoms with Gasteiger partial charge in [0.25, 0.3) is 0 Å². The van der Waals surface area contributed by atoms with Gasteiger partial charge in [-0.3, -0.25) is 0 Å². The first-order chi connectivity index (χ1) is 8.54. The van der Waals surface area contributed by atoms with Crippen LogP contribution in [0.3, 0.4) is 0 Å². The summed E-state index contributed by atoms with van der Waals surface area (Å²) in [4.78, 5) is 8.54. The summed E-state index contributed by atoms with van der Waals surface area (Å²) in [5.41, 5.74) is 2.41. The largest absolute Gasteiger partial charge is 0.233 e. The maximum Gasteiger partial charge on any atom is 0.163 e. The van der Waals surface area contributed by atoms with Crippen molar-refractivity contribution in [1.82, 2.24) is 9.97 Å². The molecule has 2 aromatic rings. The molecule has 1 aromatic carbocycles. The van der Waals surface area contributed by atoms with E-state index in [1.807, 2.05) is 19.9 Å². The maximum atomic E-state index is 9.05. The quantitative estimate of drug-likeness (QED) is 0.793. The van der Waals surface area contributed by atoms with Crippen molar-refractivity contribution in [3.63, 3.8) is 0 Å². The van der Waals surface area contributed by atoms with Gasteiger partial charge in [0, 0.05) is 11.3 Å². The first-order valence-corrected chi connectivity index (χ1v) is 6.00. The van der Waals surface area contributed by atoms with E-state index in [1.54, 1.807) is 18.2 Å². The predicted octanol–water partition coefficient (Wildman–Crippen LogP) is 3.94. The zero-order valence-electron chi connectivity index (χ0n) is 9.83. The van der Waals surface area contributed by atoms with Crippen molar-refractivity contribution >= 4 is 23.2 Å². The van der Waals surface area contributed by atoms with Gasteiger partial charge in [-0.1, -0.05) is 29.3 Å². The summed E-state index contributed by atoms with van der Waals surface area (Å²) in [5.74, 6) is 0.380. The SMILES string of the molecule is Cc1nc(-c2c(Cl)cccc2Cl)nc(C#N)c1C. The van der Waals surface area contributed by atoms with Gasteiger partial charge in [-0.15, -0.1) is 0 Å². The lowest BCUT2D eigenvalue weighted by molar-refractivity contribution is 1.05.